The van der Waals surface area contributed by atoms with E-state index in [2.05, 4.69) is 15.9 Å². The number of benzene rings is 2. The molecule has 2 aromatic carbocycles. The molecule has 124 valence electrons. The molecule has 8 heteroatoms. The largest absolute Gasteiger partial charge is 0.384 e. The second kappa shape index (κ2) is 7.85. The Kier molecular flexibility index (Phi) is 6.33. The van der Waals surface area contributed by atoms with E-state index in [9.17, 15) is 8.42 Å². The average molecular weight is 440 g/mol. The standard InChI is InChI=1S/C15H13BrCl2O4S/c1-21-7-6-10-2-4-12(5-3-10)22-23(19,20)15-13(17)8-11(16)9-14(15)18/h2-5,8-9H,6-7H2,1H3. The third-order valence-electron chi connectivity index (χ3n) is 2.94. The van der Waals surface area contributed by atoms with Crippen molar-refractivity contribution >= 4 is 49.2 Å². The van der Waals surface area contributed by atoms with Crippen molar-refractivity contribution in [3.63, 3.8) is 0 Å². The lowest BCUT2D eigenvalue weighted by Gasteiger charge is -2.11. The van der Waals surface area contributed by atoms with Crippen LogP contribution in [0.4, 0.5) is 0 Å². The number of hydrogen-bond donors (Lipinski definition) is 0. The second-order valence-corrected chi connectivity index (χ2v) is 7.84. The van der Waals surface area contributed by atoms with Crippen LogP contribution < -0.4 is 4.18 Å². The van der Waals surface area contributed by atoms with Gasteiger partial charge in [0.05, 0.1) is 16.7 Å². The Morgan fingerprint density at radius 2 is 1.65 bits per heavy atom. The molecule has 0 aliphatic carbocycles. The fraction of sp³-hybridized carbons (Fsp3) is 0.200. The molecule has 2 aromatic rings. The van der Waals surface area contributed by atoms with Gasteiger partial charge in [-0.1, -0.05) is 51.3 Å². The molecule has 4 nitrogen and oxygen atoms in total. The molecule has 0 aliphatic heterocycles. The van der Waals surface area contributed by atoms with Gasteiger partial charge in [-0.3, -0.25) is 0 Å². The second-order valence-electron chi connectivity index (χ2n) is 4.62. The smallest absolute Gasteiger partial charge is 0.342 e. The first-order valence-corrected chi connectivity index (χ1v) is 9.46. The van der Waals surface area contributed by atoms with E-state index in [-0.39, 0.29) is 20.7 Å². The number of halogens is 3. The van der Waals surface area contributed by atoms with Crippen molar-refractivity contribution < 1.29 is 17.3 Å². The van der Waals surface area contributed by atoms with Crippen LogP contribution in [0, 0.1) is 0 Å². The van der Waals surface area contributed by atoms with Gasteiger partial charge in [-0.25, -0.2) is 0 Å². The molecule has 0 saturated heterocycles. The normalized spacial score (nSPS) is 11.5. The van der Waals surface area contributed by atoms with E-state index < -0.39 is 10.1 Å². The van der Waals surface area contributed by atoms with Gasteiger partial charge in [0.15, 0.2) is 0 Å². The summed E-state index contributed by atoms with van der Waals surface area (Å²) in [6.45, 7) is 0.586. The Morgan fingerprint density at radius 1 is 1.09 bits per heavy atom. The SMILES string of the molecule is COCCc1ccc(OS(=O)(=O)c2c(Cl)cc(Br)cc2Cl)cc1. The molecule has 0 atom stereocenters. The van der Waals surface area contributed by atoms with Gasteiger partial charge in [-0.05, 0) is 36.2 Å². The van der Waals surface area contributed by atoms with Crippen LogP contribution in [0.1, 0.15) is 5.56 Å². The highest BCUT2D eigenvalue weighted by Gasteiger charge is 2.24. The van der Waals surface area contributed by atoms with Crippen molar-refractivity contribution in [3.8, 4) is 5.75 Å². The van der Waals surface area contributed by atoms with Crippen molar-refractivity contribution in [2.75, 3.05) is 13.7 Å². The fourth-order valence-corrected chi connectivity index (χ4v) is 4.69. The maximum Gasteiger partial charge on any atom is 0.342 e. The van der Waals surface area contributed by atoms with Gasteiger partial charge in [0.25, 0.3) is 0 Å². The van der Waals surface area contributed by atoms with Gasteiger partial charge < -0.3 is 8.92 Å². The van der Waals surface area contributed by atoms with Crippen molar-refractivity contribution in [1.82, 2.24) is 0 Å². The zero-order chi connectivity index (χ0) is 17.0. The van der Waals surface area contributed by atoms with E-state index in [0.717, 1.165) is 12.0 Å². The molecule has 0 spiro atoms. The van der Waals surface area contributed by atoms with Gasteiger partial charge >= 0.3 is 10.1 Å². The fourth-order valence-electron chi connectivity index (χ4n) is 1.87. The summed E-state index contributed by atoms with van der Waals surface area (Å²) in [7, 11) is -2.51. The number of hydrogen-bond acceptors (Lipinski definition) is 4. The molecule has 0 amide bonds. The minimum atomic E-state index is -4.13. The molecule has 0 radical (unpaired) electrons. The highest BCUT2D eigenvalue weighted by atomic mass is 79.9. The molecule has 0 fully saturated rings. The van der Waals surface area contributed by atoms with Gasteiger partial charge in [0.1, 0.15) is 10.6 Å². The molecular formula is C15H13BrCl2O4S. The van der Waals surface area contributed by atoms with E-state index in [1.807, 2.05) is 0 Å². The van der Waals surface area contributed by atoms with Crippen LogP contribution in [0.3, 0.4) is 0 Å². The maximum absolute atomic E-state index is 12.4. The molecule has 0 unspecified atom stereocenters. The summed E-state index contributed by atoms with van der Waals surface area (Å²) in [5.74, 6) is 0.182. The van der Waals surface area contributed by atoms with Crippen LogP contribution in [0.5, 0.6) is 5.75 Å². The van der Waals surface area contributed by atoms with Crippen molar-refractivity contribution in [2.24, 2.45) is 0 Å². The van der Waals surface area contributed by atoms with E-state index >= 15 is 0 Å². The van der Waals surface area contributed by atoms with Gasteiger partial charge in [-0.2, -0.15) is 8.42 Å². The quantitative estimate of drug-likeness (QED) is 0.611. The summed E-state index contributed by atoms with van der Waals surface area (Å²) in [6.07, 6.45) is 0.730. The first kappa shape index (κ1) is 18.5. The van der Waals surface area contributed by atoms with E-state index in [4.69, 9.17) is 32.1 Å². The highest BCUT2D eigenvalue weighted by molar-refractivity contribution is 9.10. The first-order valence-electron chi connectivity index (χ1n) is 6.50. The number of rotatable bonds is 6. The van der Waals surface area contributed by atoms with Crippen LogP contribution in [0.2, 0.25) is 10.0 Å². The third-order valence-corrected chi connectivity index (χ3v) is 5.57. The lowest BCUT2D eigenvalue weighted by molar-refractivity contribution is 0.202. The monoisotopic (exact) mass is 438 g/mol. The maximum atomic E-state index is 12.4. The van der Waals surface area contributed by atoms with Gasteiger partial charge in [-0.15, -0.1) is 0 Å². The lowest BCUT2D eigenvalue weighted by atomic mass is 10.1. The van der Waals surface area contributed by atoms with E-state index in [1.54, 1.807) is 31.4 Å². The number of ether oxygens (including phenoxy) is 1. The summed E-state index contributed by atoms with van der Waals surface area (Å²) >= 11 is 15.2. The Bertz CT molecular complexity index is 769. The van der Waals surface area contributed by atoms with Crippen molar-refractivity contribution in [3.05, 3.63) is 56.5 Å². The zero-order valence-electron chi connectivity index (χ0n) is 12.1. The van der Waals surface area contributed by atoms with Crippen LogP contribution in [0.25, 0.3) is 0 Å². The molecule has 0 aromatic heterocycles. The zero-order valence-corrected chi connectivity index (χ0v) is 16.0. The topological polar surface area (TPSA) is 52.6 Å². The Hall–Kier alpha value is -0.790. The van der Waals surface area contributed by atoms with Gasteiger partial charge in [0, 0.05) is 11.6 Å². The summed E-state index contributed by atoms with van der Waals surface area (Å²) in [5, 5.41) is -0.0258. The predicted molar refractivity (Wildman–Crippen MR) is 94.0 cm³/mol. The highest BCUT2D eigenvalue weighted by Crippen LogP contribution is 2.34. The molecular weight excluding hydrogens is 427 g/mol. The first-order chi connectivity index (χ1) is 10.8. The molecule has 0 N–H and O–H groups in total. The van der Waals surface area contributed by atoms with Crippen LogP contribution >= 0.6 is 39.1 Å². The number of methoxy groups -OCH3 is 1. The average Bonchev–Trinajstić information content (AvgIpc) is 2.44. The molecule has 23 heavy (non-hydrogen) atoms. The molecule has 0 heterocycles. The molecule has 0 aliphatic rings. The van der Waals surface area contributed by atoms with E-state index in [0.29, 0.717) is 11.1 Å². The third kappa shape index (κ3) is 4.84. The van der Waals surface area contributed by atoms with Crippen LogP contribution in [-0.2, 0) is 21.3 Å². The summed E-state index contributed by atoms with van der Waals surface area (Å²) in [5.41, 5.74) is 1.01. The molecule has 0 saturated carbocycles. The van der Waals surface area contributed by atoms with Crippen LogP contribution in [-0.4, -0.2) is 22.1 Å². The van der Waals surface area contributed by atoms with Crippen LogP contribution in [0.15, 0.2) is 45.8 Å². The molecule has 2 rings (SSSR count). The Balaban J connectivity index is 2.25. The summed E-state index contributed by atoms with van der Waals surface area (Å²) in [4.78, 5) is -0.257. The van der Waals surface area contributed by atoms with Crippen molar-refractivity contribution in [1.29, 1.82) is 0 Å². The minimum Gasteiger partial charge on any atom is -0.384 e. The van der Waals surface area contributed by atoms with Gasteiger partial charge in [0.2, 0.25) is 0 Å². The Morgan fingerprint density at radius 3 is 2.17 bits per heavy atom. The molecule has 0 bridgehead atoms. The van der Waals surface area contributed by atoms with Crippen molar-refractivity contribution in [2.45, 2.75) is 11.3 Å². The minimum absolute atomic E-state index is 0.0129. The predicted octanol–water partition coefficient (Wildman–Crippen LogP) is 4.71. The van der Waals surface area contributed by atoms with E-state index in [1.165, 1.54) is 12.1 Å². The summed E-state index contributed by atoms with van der Waals surface area (Å²) in [6, 6.07) is 9.57. The Labute approximate surface area is 153 Å². The summed E-state index contributed by atoms with van der Waals surface area (Å²) < 4.78 is 35.4. The lowest BCUT2D eigenvalue weighted by Crippen LogP contribution is -2.11.